The summed E-state index contributed by atoms with van der Waals surface area (Å²) < 4.78 is 5.99. The van der Waals surface area contributed by atoms with E-state index >= 15 is 0 Å². The van der Waals surface area contributed by atoms with Crippen LogP contribution in [-0.4, -0.2) is 6.54 Å². The summed E-state index contributed by atoms with van der Waals surface area (Å²) in [5, 5.41) is 0. The van der Waals surface area contributed by atoms with Gasteiger partial charge in [0.25, 0.3) is 0 Å². The molecule has 3 aromatic carbocycles. The molecule has 2 nitrogen and oxygen atoms in total. The van der Waals surface area contributed by atoms with Gasteiger partial charge in [-0.05, 0) is 30.7 Å². The van der Waals surface area contributed by atoms with E-state index in [0.717, 1.165) is 24.6 Å². The first-order valence-corrected chi connectivity index (χ1v) is 9.53. The largest absolute Gasteiger partial charge is 0.457 e. The van der Waals surface area contributed by atoms with Crippen LogP contribution in [0.25, 0.3) is 0 Å². The Morgan fingerprint density at radius 2 is 1.31 bits per heavy atom. The fourth-order valence-corrected chi connectivity index (χ4v) is 3.18. The van der Waals surface area contributed by atoms with E-state index < -0.39 is 0 Å². The second kappa shape index (κ2) is 9.79. The summed E-state index contributed by atoms with van der Waals surface area (Å²) in [6.45, 7) is 5.52. The molecule has 1 N–H and O–H groups in total. The molecule has 134 valence electrons. The van der Waals surface area contributed by atoms with Crippen LogP contribution in [0.3, 0.4) is 0 Å². The SMILES string of the molecule is CCCC[NH+](Cc1ccccc1)Cc1cccc(Oc2ccccc2)c1. The van der Waals surface area contributed by atoms with Crippen molar-refractivity contribution >= 4 is 0 Å². The van der Waals surface area contributed by atoms with Crippen molar-refractivity contribution < 1.29 is 9.64 Å². The first-order valence-electron chi connectivity index (χ1n) is 9.53. The van der Waals surface area contributed by atoms with Crippen LogP contribution in [0.5, 0.6) is 11.5 Å². The molecule has 0 amide bonds. The monoisotopic (exact) mass is 346 g/mol. The van der Waals surface area contributed by atoms with Gasteiger partial charge in [0.2, 0.25) is 0 Å². The average Bonchev–Trinajstić information content (AvgIpc) is 2.68. The molecule has 0 spiro atoms. The van der Waals surface area contributed by atoms with Crippen LogP contribution in [0.4, 0.5) is 0 Å². The smallest absolute Gasteiger partial charge is 0.127 e. The van der Waals surface area contributed by atoms with Gasteiger partial charge in [0.15, 0.2) is 0 Å². The lowest BCUT2D eigenvalue weighted by Gasteiger charge is -2.20. The van der Waals surface area contributed by atoms with E-state index in [1.165, 1.54) is 30.5 Å². The van der Waals surface area contributed by atoms with Gasteiger partial charge in [-0.25, -0.2) is 0 Å². The molecule has 3 aromatic rings. The van der Waals surface area contributed by atoms with Crippen molar-refractivity contribution in [1.82, 2.24) is 0 Å². The highest BCUT2D eigenvalue weighted by Crippen LogP contribution is 2.21. The highest BCUT2D eigenvalue weighted by Gasteiger charge is 2.11. The molecule has 0 radical (unpaired) electrons. The van der Waals surface area contributed by atoms with Crippen LogP contribution < -0.4 is 9.64 Å². The molecule has 0 aromatic heterocycles. The fourth-order valence-electron chi connectivity index (χ4n) is 3.18. The molecule has 0 saturated carbocycles. The van der Waals surface area contributed by atoms with E-state index in [-0.39, 0.29) is 0 Å². The maximum Gasteiger partial charge on any atom is 0.127 e. The number of para-hydroxylation sites is 1. The van der Waals surface area contributed by atoms with E-state index in [0.29, 0.717) is 0 Å². The van der Waals surface area contributed by atoms with Crippen molar-refractivity contribution in [2.75, 3.05) is 6.54 Å². The minimum atomic E-state index is 0.879. The van der Waals surface area contributed by atoms with Crippen LogP contribution in [0.2, 0.25) is 0 Å². The van der Waals surface area contributed by atoms with Crippen LogP contribution in [0, 0.1) is 0 Å². The lowest BCUT2D eigenvalue weighted by molar-refractivity contribution is -0.927. The Morgan fingerprint density at radius 1 is 0.692 bits per heavy atom. The number of ether oxygens (including phenoxy) is 1. The van der Waals surface area contributed by atoms with Crippen molar-refractivity contribution in [3.05, 3.63) is 96.1 Å². The maximum atomic E-state index is 5.99. The van der Waals surface area contributed by atoms with Gasteiger partial charge in [0.05, 0.1) is 6.54 Å². The molecule has 0 aliphatic heterocycles. The van der Waals surface area contributed by atoms with Gasteiger partial charge in [-0.2, -0.15) is 0 Å². The third-order valence-corrected chi connectivity index (χ3v) is 4.51. The Hall–Kier alpha value is -2.58. The minimum absolute atomic E-state index is 0.879. The Morgan fingerprint density at radius 3 is 2.04 bits per heavy atom. The lowest BCUT2D eigenvalue weighted by atomic mass is 10.1. The predicted molar refractivity (Wildman–Crippen MR) is 108 cm³/mol. The van der Waals surface area contributed by atoms with E-state index in [1.54, 1.807) is 4.90 Å². The molecule has 0 saturated heterocycles. The van der Waals surface area contributed by atoms with E-state index in [9.17, 15) is 0 Å². The van der Waals surface area contributed by atoms with Gasteiger partial charge in [-0.1, -0.05) is 74.0 Å². The molecule has 26 heavy (non-hydrogen) atoms. The third-order valence-electron chi connectivity index (χ3n) is 4.51. The molecule has 0 aliphatic carbocycles. The van der Waals surface area contributed by atoms with Crippen molar-refractivity contribution in [2.45, 2.75) is 32.9 Å². The number of rotatable bonds is 9. The summed E-state index contributed by atoms with van der Waals surface area (Å²) in [7, 11) is 0. The summed E-state index contributed by atoms with van der Waals surface area (Å²) in [4.78, 5) is 1.59. The van der Waals surface area contributed by atoms with Crippen molar-refractivity contribution in [3.8, 4) is 11.5 Å². The molecular formula is C24H28NO+. The van der Waals surface area contributed by atoms with E-state index in [1.807, 2.05) is 36.4 Å². The molecule has 3 rings (SSSR count). The van der Waals surface area contributed by atoms with Gasteiger partial charge >= 0.3 is 0 Å². The summed E-state index contributed by atoms with van der Waals surface area (Å²) in [6, 6.07) is 29.2. The van der Waals surface area contributed by atoms with Crippen molar-refractivity contribution in [2.24, 2.45) is 0 Å². The first kappa shape index (κ1) is 18.2. The first-order chi connectivity index (χ1) is 12.8. The second-order valence-corrected chi connectivity index (χ2v) is 6.76. The van der Waals surface area contributed by atoms with Crippen molar-refractivity contribution in [3.63, 3.8) is 0 Å². The highest BCUT2D eigenvalue weighted by molar-refractivity contribution is 5.33. The average molecular weight is 346 g/mol. The summed E-state index contributed by atoms with van der Waals surface area (Å²) >= 11 is 0. The molecule has 0 aliphatic rings. The Labute approximate surface area is 157 Å². The summed E-state index contributed by atoms with van der Waals surface area (Å²) in [6.07, 6.45) is 2.48. The minimum Gasteiger partial charge on any atom is -0.457 e. The number of hydrogen-bond donors (Lipinski definition) is 1. The topological polar surface area (TPSA) is 13.7 Å². The second-order valence-electron chi connectivity index (χ2n) is 6.76. The number of hydrogen-bond acceptors (Lipinski definition) is 1. The quantitative estimate of drug-likeness (QED) is 0.584. The Bertz CT molecular complexity index is 770. The molecule has 0 bridgehead atoms. The highest BCUT2D eigenvalue weighted by atomic mass is 16.5. The van der Waals surface area contributed by atoms with Gasteiger partial charge in [-0.15, -0.1) is 0 Å². The van der Waals surface area contributed by atoms with Gasteiger partial charge in [0, 0.05) is 11.1 Å². The van der Waals surface area contributed by atoms with Crippen LogP contribution >= 0.6 is 0 Å². The zero-order valence-corrected chi connectivity index (χ0v) is 15.5. The maximum absolute atomic E-state index is 5.99. The Kier molecular flexibility index (Phi) is 6.86. The molecule has 2 heteroatoms. The fraction of sp³-hybridized carbons (Fsp3) is 0.250. The third kappa shape index (κ3) is 5.75. The predicted octanol–water partition coefficient (Wildman–Crippen LogP) is 4.86. The molecular weight excluding hydrogens is 318 g/mol. The molecule has 0 heterocycles. The number of unbranched alkanes of at least 4 members (excludes halogenated alkanes) is 1. The lowest BCUT2D eigenvalue weighted by Crippen LogP contribution is -3.09. The zero-order valence-electron chi connectivity index (χ0n) is 15.5. The zero-order chi connectivity index (χ0) is 18.0. The summed E-state index contributed by atoms with van der Waals surface area (Å²) in [5.41, 5.74) is 2.72. The Balaban J connectivity index is 1.68. The standard InChI is InChI=1S/C24H27NO/c1-2-3-17-25(19-21-11-6-4-7-12-21)20-22-13-10-16-24(18-22)26-23-14-8-5-9-15-23/h4-16,18H,2-3,17,19-20H2,1H3/p+1. The van der Waals surface area contributed by atoms with Gasteiger partial charge in [0.1, 0.15) is 24.6 Å². The van der Waals surface area contributed by atoms with Gasteiger partial charge < -0.3 is 9.64 Å². The van der Waals surface area contributed by atoms with Crippen LogP contribution in [-0.2, 0) is 13.1 Å². The molecule has 1 unspecified atom stereocenters. The summed E-state index contributed by atoms with van der Waals surface area (Å²) in [5.74, 6) is 1.78. The van der Waals surface area contributed by atoms with E-state index in [4.69, 9.17) is 4.74 Å². The van der Waals surface area contributed by atoms with E-state index in [2.05, 4.69) is 55.5 Å². The van der Waals surface area contributed by atoms with Crippen molar-refractivity contribution in [1.29, 1.82) is 0 Å². The molecule has 1 atom stereocenters. The number of quaternary nitrogens is 1. The number of benzene rings is 3. The number of nitrogens with one attached hydrogen (secondary N) is 1. The van der Waals surface area contributed by atoms with Crippen LogP contribution in [0.15, 0.2) is 84.9 Å². The molecule has 0 fully saturated rings. The van der Waals surface area contributed by atoms with Crippen LogP contribution in [0.1, 0.15) is 30.9 Å². The normalized spacial score (nSPS) is 11.9. The van der Waals surface area contributed by atoms with Gasteiger partial charge in [-0.3, -0.25) is 0 Å².